The van der Waals surface area contributed by atoms with Crippen LogP contribution in [0.4, 0.5) is 4.39 Å². The highest BCUT2D eigenvalue weighted by molar-refractivity contribution is 8.00. The van der Waals surface area contributed by atoms with E-state index in [1.165, 1.54) is 6.07 Å². The maximum atomic E-state index is 13.2. The highest BCUT2D eigenvalue weighted by atomic mass is 32.2. The van der Waals surface area contributed by atoms with Gasteiger partial charge in [0.15, 0.2) is 0 Å². The molecule has 1 aromatic heterocycles. The molecule has 0 fully saturated rings. The Morgan fingerprint density at radius 2 is 2.12 bits per heavy atom. The van der Waals surface area contributed by atoms with Crippen LogP contribution in [0.5, 0.6) is 0 Å². The van der Waals surface area contributed by atoms with E-state index in [0.717, 1.165) is 21.2 Å². The van der Waals surface area contributed by atoms with Crippen molar-refractivity contribution in [1.29, 1.82) is 0 Å². The number of halogens is 1. The van der Waals surface area contributed by atoms with E-state index in [2.05, 4.69) is 4.98 Å². The molecule has 0 unspecified atom stereocenters. The second-order valence-electron chi connectivity index (χ2n) is 3.26. The molecule has 1 aromatic carbocycles. The van der Waals surface area contributed by atoms with Gasteiger partial charge in [0.1, 0.15) is 10.2 Å². The molecule has 5 heteroatoms. The summed E-state index contributed by atoms with van der Waals surface area (Å²) in [5.74, 6) is 0.496. The van der Waals surface area contributed by atoms with Crippen molar-refractivity contribution < 1.29 is 4.39 Å². The Balaban J connectivity index is 2.06. The van der Waals surface area contributed by atoms with Crippen LogP contribution in [0, 0.1) is 5.82 Å². The largest absolute Gasteiger partial charge is 0.326 e. The fourth-order valence-electron chi connectivity index (χ4n) is 1.35. The molecule has 2 nitrogen and oxygen atoms in total. The average Bonchev–Trinajstić information content (AvgIpc) is 2.78. The van der Waals surface area contributed by atoms with Gasteiger partial charge in [-0.05, 0) is 23.3 Å². The zero-order valence-electron chi connectivity index (χ0n) is 8.52. The lowest BCUT2D eigenvalue weighted by molar-refractivity contribution is 0.624. The molecule has 0 aliphatic heterocycles. The normalized spacial score (nSPS) is 10.6. The molecule has 84 valence electrons. The predicted molar refractivity (Wildman–Crippen MR) is 66.0 cm³/mol. The lowest BCUT2D eigenvalue weighted by Gasteiger charge is -2.03. The number of thiazole rings is 1. The van der Waals surface area contributed by atoms with Crippen molar-refractivity contribution in [2.45, 2.75) is 16.6 Å². The summed E-state index contributed by atoms with van der Waals surface area (Å²) in [6, 6.07) is 4.95. The molecule has 0 aliphatic rings. The van der Waals surface area contributed by atoms with Crippen molar-refractivity contribution in [3.05, 3.63) is 46.7 Å². The minimum Gasteiger partial charge on any atom is -0.326 e. The minimum absolute atomic E-state index is 0.224. The van der Waals surface area contributed by atoms with Gasteiger partial charge in [-0.15, -0.1) is 11.3 Å². The zero-order valence-corrected chi connectivity index (χ0v) is 10.2. The molecule has 1 heterocycles. The first-order valence-electron chi connectivity index (χ1n) is 4.78. The van der Waals surface area contributed by atoms with Gasteiger partial charge < -0.3 is 5.73 Å². The van der Waals surface area contributed by atoms with Gasteiger partial charge in [-0.3, -0.25) is 0 Å². The van der Waals surface area contributed by atoms with Crippen LogP contribution in [0.1, 0.15) is 11.1 Å². The summed E-state index contributed by atoms with van der Waals surface area (Å²) < 4.78 is 14.2. The molecule has 2 aromatic rings. The third-order valence-electron chi connectivity index (χ3n) is 2.03. The lowest BCUT2D eigenvalue weighted by atomic mass is 10.1. The smallest absolute Gasteiger partial charge is 0.150 e. The monoisotopic (exact) mass is 254 g/mol. The fourth-order valence-corrected chi connectivity index (χ4v) is 2.91. The molecular formula is C11H11FN2S2. The van der Waals surface area contributed by atoms with Crippen LogP contribution < -0.4 is 5.73 Å². The number of hydrogen-bond acceptors (Lipinski definition) is 4. The van der Waals surface area contributed by atoms with E-state index < -0.39 is 0 Å². The first-order chi connectivity index (χ1) is 7.78. The van der Waals surface area contributed by atoms with Crippen molar-refractivity contribution >= 4 is 23.1 Å². The SMILES string of the molecule is NCc1cc(F)cc(CSc2nccs2)c1. The Morgan fingerprint density at radius 3 is 2.81 bits per heavy atom. The van der Waals surface area contributed by atoms with Gasteiger partial charge in [0.25, 0.3) is 0 Å². The van der Waals surface area contributed by atoms with Crippen molar-refractivity contribution in [2.24, 2.45) is 5.73 Å². The third-order valence-corrected chi connectivity index (χ3v) is 4.06. The summed E-state index contributed by atoms with van der Waals surface area (Å²) in [7, 11) is 0. The summed E-state index contributed by atoms with van der Waals surface area (Å²) in [6.45, 7) is 0.368. The number of benzene rings is 1. The van der Waals surface area contributed by atoms with Crippen molar-refractivity contribution in [3.8, 4) is 0 Å². The van der Waals surface area contributed by atoms with E-state index in [9.17, 15) is 4.39 Å². The standard InChI is InChI=1S/C11H11FN2S2/c12-10-4-8(6-13)3-9(5-10)7-16-11-14-1-2-15-11/h1-5H,6-7,13H2. The van der Waals surface area contributed by atoms with Crippen LogP contribution in [0.3, 0.4) is 0 Å². The van der Waals surface area contributed by atoms with E-state index in [1.54, 1.807) is 35.4 Å². The highest BCUT2D eigenvalue weighted by Crippen LogP contribution is 2.25. The first-order valence-corrected chi connectivity index (χ1v) is 6.65. The Kier molecular flexibility index (Phi) is 3.93. The van der Waals surface area contributed by atoms with Gasteiger partial charge in [-0.2, -0.15) is 0 Å². The van der Waals surface area contributed by atoms with E-state index in [-0.39, 0.29) is 5.82 Å². The van der Waals surface area contributed by atoms with E-state index in [4.69, 9.17) is 5.73 Å². The molecule has 2 rings (SSSR count). The number of nitrogens with two attached hydrogens (primary N) is 1. The summed E-state index contributed by atoms with van der Waals surface area (Å²) in [6.07, 6.45) is 1.77. The molecule has 2 N–H and O–H groups in total. The average molecular weight is 254 g/mol. The molecule has 0 atom stereocenters. The van der Waals surface area contributed by atoms with Gasteiger partial charge in [0.2, 0.25) is 0 Å². The predicted octanol–water partition coefficient (Wildman–Crippen LogP) is 3.03. The maximum absolute atomic E-state index is 13.2. The van der Waals surface area contributed by atoms with Gasteiger partial charge in [-0.1, -0.05) is 17.8 Å². The molecule has 0 bridgehead atoms. The van der Waals surface area contributed by atoms with Crippen LogP contribution in [0.2, 0.25) is 0 Å². The van der Waals surface area contributed by atoms with E-state index >= 15 is 0 Å². The Hall–Kier alpha value is -0.910. The molecular weight excluding hydrogens is 243 g/mol. The minimum atomic E-state index is -0.224. The van der Waals surface area contributed by atoms with E-state index in [0.29, 0.717) is 6.54 Å². The second kappa shape index (κ2) is 5.43. The first kappa shape index (κ1) is 11.6. The van der Waals surface area contributed by atoms with Crippen LogP contribution in [0.25, 0.3) is 0 Å². The van der Waals surface area contributed by atoms with Crippen LogP contribution in [-0.4, -0.2) is 4.98 Å². The van der Waals surface area contributed by atoms with Crippen molar-refractivity contribution in [2.75, 3.05) is 0 Å². The van der Waals surface area contributed by atoms with Crippen molar-refractivity contribution in [3.63, 3.8) is 0 Å². The van der Waals surface area contributed by atoms with Crippen molar-refractivity contribution in [1.82, 2.24) is 4.98 Å². The number of thioether (sulfide) groups is 1. The second-order valence-corrected chi connectivity index (χ2v) is 5.38. The molecule has 0 aliphatic carbocycles. The lowest BCUT2D eigenvalue weighted by Crippen LogP contribution is -1.98. The Labute approximate surface area is 102 Å². The summed E-state index contributed by atoms with van der Waals surface area (Å²) >= 11 is 3.20. The summed E-state index contributed by atoms with van der Waals surface area (Å²) in [4.78, 5) is 4.16. The molecule has 0 amide bonds. The van der Waals surface area contributed by atoms with Crippen LogP contribution in [-0.2, 0) is 12.3 Å². The summed E-state index contributed by atoms with van der Waals surface area (Å²) in [5, 5.41) is 1.93. The number of rotatable bonds is 4. The Bertz CT molecular complexity index is 457. The zero-order chi connectivity index (χ0) is 11.4. The van der Waals surface area contributed by atoms with E-state index in [1.807, 2.05) is 11.4 Å². The maximum Gasteiger partial charge on any atom is 0.150 e. The molecule has 0 saturated carbocycles. The highest BCUT2D eigenvalue weighted by Gasteiger charge is 2.02. The molecule has 0 radical (unpaired) electrons. The summed E-state index contributed by atoms with van der Waals surface area (Å²) in [5.41, 5.74) is 7.27. The fraction of sp³-hybridized carbons (Fsp3) is 0.182. The number of aromatic nitrogens is 1. The topological polar surface area (TPSA) is 38.9 Å². The van der Waals surface area contributed by atoms with Gasteiger partial charge in [-0.25, -0.2) is 9.37 Å². The van der Waals surface area contributed by atoms with Gasteiger partial charge in [0, 0.05) is 23.9 Å². The van der Waals surface area contributed by atoms with Crippen LogP contribution >= 0.6 is 23.1 Å². The van der Waals surface area contributed by atoms with Gasteiger partial charge >= 0.3 is 0 Å². The number of hydrogen-bond donors (Lipinski definition) is 1. The van der Waals surface area contributed by atoms with Crippen LogP contribution in [0.15, 0.2) is 34.1 Å². The third kappa shape index (κ3) is 3.04. The quantitative estimate of drug-likeness (QED) is 0.852. The van der Waals surface area contributed by atoms with Gasteiger partial charge in [0.05, 0.1) is 0 Å². The number of nitrogens with zero attached hydrogens (tertiary/aromatic N) is 1. The molecule has 16 heavy (non-hydrogen) atoms. The molecule has 0 spiro atoms. The molecule has 0 saturated heterocycles. The Morgan fingerprint density at radius 1 is 1.31 bits per heavy atom.